The van der Waals surface area contributed by atoms with Gasteiger partial charge in [0, 0.05) is 27.9 Å². The van der Waals surface area contributed by atoms with Gasteiger partial charge < -0.3 is 20.4 Å². The van der Waals surface area contributed by atoms with Crippen LogP contribution in [0.5, 0.6) is 0 Å². The number of hydrogen-bond donors (Lipinski definition) is 3. The van der Waals surface area contributed by atoms with Crippen molar-refractivity contribution in [3.63, 3.8) is 0 Å². The molecule has 1 atom stereocenters. The van der Waals surface area contributed by atoms with Gasteiger partial charge in [-0.05, 0) is 73.9 Å². The van der Waals surface area contributed by atoms with E-state index < -0.39 is 11.8 Å². The van der Waals surface area contributed by atoms with Crippen LogP contribution in [-0.4, -0.2) is 23.0 Å². The van der Waals surface area contributed by atoms with Crippen LogP contribution in [0.4, 0.5) is 11.4 Å². The highest BCUT2D eigenvalue weighted by Gasteiger charge is 2.20. The summed E-state index contributed by atoms with van der Waals surface area (Å²) in [4.78, 5) is 40.0. The van der Waals surface area contributed by atoms with Crippen LogP contribution >= 0.6 is 11.8 Å². The molecule has 8 heteroatoms. The van der Waals surface area contributed by atoms with Gasteiger partial charge in [-0.25, -0.2) is 0 Å². The zero-order valence-electron chi connectivity index (χ0n) is 22.6. The number of anilines is 2. The van der Waals surface area contributed by atoms with Gasteiger partial charge in [0.15, 0.2) is 0 Å². The Bertz CT molecular complexity index is 1490. The highest BCUT2D eigenvalue weighted by Crippen LogP contribution is 2.30. The van der Waals surface area contributed by atoms with Gasteiger partial charge in [-0.1, -0.05) is 49.4 Å². The highest BCUT2D eigenvalue weighted by atomic mass is 32.2. The molecule has 4 aromatic rings. The normalized spacial score (nSPS) is 11.9. The van der Waals surface area contributed by atoms with E-state index in [1.807, 2.05) is 57.2 Å². The SMILES string of the molecule is CCC(Sc1cccc(NC(=O)/C(=C/c2ccco2)NC(=O)c2ccccc2)c1)C(=O)Nc1c(C)cccc1C. The summed E-state index contributed by atoms with van der Waals surface area (Å²) in [5.41, 5.74) is 3.83. The molecule has 204 valence electrons. The van der Waals surface area contributed by atoms with Crippen LogP contribution in [0.1, 0.15) is 40.6 Å². The summed E-state index contributed by atoms with van der Waals surface area (Å²) in [6, 6.07) is 25.2. The summed E-state index contributed by atoms with van der Waals surface area (Å²) >= 11 is 1.43. The van der Waals surface area contributed by atoms with E-state index in [0.717, 1.165) is 21.7 Å². The number of benzene rings is 3. The second-order valence-electron chi connectivity index (χ2n) is 9.15. The molecule has 3 aromatic carbocycles. The van der Waals surface area contributed by atoms with E-state index in [9.17, 15) is 14.4 Å². The van der Waals surface area contributed by atoms with Crippen LogP contribution < -0.4 is 16.0 Å². The van der Waals surface area contributed by atoms with Crippen LogP contribution in [0.25, 0.3) is 6.08 Å². The minimum atomic E-state index is -0.511. The van der Waals surface area contributed by atoms with Crippen LogP contribution in [0.3, 0.4) is 0 Å². The third-order valence-electron chi connectivity index (χ3n) is 6.12. The maximum absolute atomic E-state index is 13.3. The summed E-state index contributed by atoms with van der Waals surface area (Å²) in [7, 11) is 0. The minimum absolute atomic E-state index is 0.0290. The molecule has 0 spiro atoms. The topological polar surface area (TPSA) is 100 Å². The molecule has 0 aliphatic rings. The number of amides is 3. The van der Waals surface area contributed by atoms with E-state index in [-0.39, 0.29) is 16.9 Å². The van der Waals surface area contributed by atoms with E-state index >= 15 is 0 Å². The number of rotatable bonds is 10. The molecule has 3 N–H and O–H groups in total. The molecule has 0 radical (unpaired) electrons. The monoisotopic (exact) mass is 553 g/mol. The maximum atomic E-state index is 13.3. The van der Waals surface area contributed by atoms with Gasteiger partial charge in [0.05, 0.1) is 11.5 Å². The highest BCUT2D eigenvalue weighted by molar-refractivity contribution is 8.00. The Morgan fingerprint density at radius 2 is 1.60 bits per heavy atom. The molecule has 40 heavy (non-hydrogen) atoms. The zero-order chi connectivity index (χ0) is 28.5. The van der Waals surface area contributed by atoms with Crippen LogP contribution in [0.2, 0.25) is 0 Å². The van der Waals surface area contributed by atoms with Crippen molar-refractivity contribution in [2.45, 2.75) is 37.3 Å². The number of aryl methyl sites for hydroxylation is 2. The van der Waals surface area contributed by atoms with E-state index in [1.165, 1.54) is 24.1 Å². The number of furan rings is 1. The molecule has 0 aliphatic carbocycles. The molecule has 7 nitrogen and oxygen atoms in total. The van der Waals surface area contributed by atoms with E-state index in [0.29, 0.717) is 23.4 Å². The van der Waals surface area contributed by atoms with Crippen LogP contribution in [0.15, 0.2) is 106 Å². The van der Waals surface area contributed by atoms with Gasteiger partial charge in [-0.15, -0.1) is 11.8 Å². The first-order chi connectivity index (χ1) is 19.3. The fourth-order valence-corrected chi connectivity index (χ4v) is 5.02. The largest absolute Gasteiger partial charge is 0.465 e. The van der Waals surface area contributed by atoms with Crippen molar-refractivity contribution in [3.05, 3.63) is 119 Å². The molecular weight excluding hydrogens is 522 g/mol. The second kappa shape index (κ2) is 13.5. The lowest BCUT2D eigenvalue weighted by Gasteiger charge is -2.18. The van der Waals surface area contributed by atoms with Crippen molar-refractivity contribution >= 4 is 46.9 Å². The second-order valence-corrected chi connectivity index (χ2v) is 10.4. The first-order valence-corrected chi connectivity index (χ1v) is 13.8. The molecule has 1 heterocycles. The average Bonchev–Trinajstić information content (AvgIpc) is 3.47. The number of hydrogen-bond acceptors (Lipinski definition) is 5. The Morgan fingerprint density at radius 3 is 2.27 bits per heavy atom. The van der Waals surface area contributed by atoms with Crippen molar-refractivity contribution in [2.24, 2.45) is 0 Å². The Hall–Kier alpha value is -4.56. The lowest BCUT2D eigenvalue weighted by molar-refractivity contribution is -0.116. The predicted octanol–water partition coefficient (Wildman–Crippen LogP) is 6.82. The van der Waals surface area contributed by atoms with E-state index in [2.05, 4.69) is 16.0 Å². The van der Waals surface area contributed by atoms with Gasteiger partial charge in [0.2, 0.25) is 5.91 Å². The molecular formula is C32H31N3O4S. The zero-order valence-corrected chi connectivity index (χ0v) is 23.4. The average molecular weight is 554 g/mol. The molecule has 4 rings (SSSR count). The number of para-hydroxylation sites is 1. The maximum Gasteiger partial charge on any atom is 0.272 e. The summed E-state index contributed by atoms with van der Waals surface area (Å²) in [5.74, 6) is -0.587. The van der Waals surface area contributed by atoms with Crippen LogP contribution in [-0.2, 0) is 9.59 Å². The number of nitrogens with one attached hydrogen (secondary N) is 3. The fourth-order valence-electron chi connectivity index (χ4n) is 4.01. The predicted molar refractivity (Wildman–Crippen MR) is 160 cm³/mol. The number of carbonyl (C=O) groups is 3. The van der Waals surface area contributed by atoms with E-state index in [4.69, 9.17) is 4.42 Å². The molecule has 0 aliphatic heterocycles. The van der Waals surface area contributed by atoms with Gasteiger partial charge in [0.25, 0.3) is 11.8 Å². The number of thioether (sulfide) groups is 1. The minimum Gasteiger partial charge on any atom is -0.465 e. The van der Waals surface area contributed by atoms with Gasteiger partial charge in [-0.3, -0.25) is 14.4 Å². The molecule has 0 saturated heterocycles. The third-order valence-corrected chi connectivity index (χ3v) is 7.48. The fraction of sp³-hybridized carbons (Fsp3) is 0.156. The van der Waals surface area contributed by atoms with Gasteiger partial charge in [0.1, 0.15) is 11.5 Å². The van der Waals surface area contributed by atoms with Crippen molar-refractivity contribution in [2.75, 3.05) is 10.6 Å². The summed E-state index contributed by atoms with van der Waals surface area (Å²) in [6.07, 6.45) is 3.58. The molecule has 1 unspecified atom stereocenters. The van der Waals surface area contributed by atoms with Crippen LogP contribution in [0, 0.1) is 13.8 Å². The Labute approximate surface area is 238 Å². The van der Waals surface area contributed by atoms with Gasteiger partial charge >= 0.3 is 0 Å². The first-order valence-electron chi connectivity index (χ1n) is 12.9. The Kier molecular flexibility index (Phi) is 9.59. The standard InChI is InChI=1S/C32H31N3O4S/c1-4-28(32(38)35-29-21(2)11-8-12-22(29)3)40-26-17-9-15-24(19-26)33-31(37)27(20-25-16-10-18-39-25)34-30(36)23-13-6-5-7-14-23/h5-20,28H,4H2,1-3H3,(H,33,37)(H,34,36)(H,35,38)/b27-20-. The first kappa shape index (κ1) is 28.4. The summed E-state index contributed by atoms with van der Waals surface area (Å²) in [6.45, 7) is 5.91. The smallest absolute Gasteiger partial charge is 0.272 e. The van der Waals surface area contributed by atoms with Crippen molar-refractivity contribution in [1.29, 1.82) is 0 Å². The summed E-state index contributed by atoms with van der Waals surface area (Å²) in [5, 5.41) is 8.29. The van der Waals surface area contributed by atoms with Crippen molar-refractivity contribution in [3.8, 4) is 0 Å². The van der Waals surface area contributed by atoms with E-state index in [1.54, 1.807) is 48.5 Å². The molecule has 3 amide bonds. The van der Waals surface area contributed by atoms with Gasteiger partial charge in [-0.2, -0.15) is 0 Å². The molecule has 1 aromatic heterocycles. The lowest BCUT2D eigenvalue weighted by atomic mass is 10.1. The quantitative estimate of drug-likeness (QED) is 0.148. The Morgan fingerprint density at radius 1 is 0.875 bits per heavy atom. The van der Waals surface area contributed by atoms with Crippen molar-refractivity contribution in [1.82, 2.24) is 5.32 Å². The molecule has 0 saturated carbocycles. The number of carbonyl (C=O) groups excluding carboxylic acids is 3. The molecule has 0 bridgehead atoms. The third kappa shape index (κ3) is 7.51. The molecule has 0 fully saturated rings. The van der Waals surface area contributed by atoms with Crippen molar-refractivity contribution < 1.29 is 18.8 Å². The summed E-state index contributed by atoms with van der Waals surface area (Å²) < 4.78 is 5.36. The lowest BCUT2D eigenvalue weighted by Crippen LogP contribution is -2.30. The Balaban J connectivity index is 1.48.